The van der Waals surface area contributed by atoms with Gasteiger partial charge in [0.2, 0.25) is 0 Å². The average molecular weight is 221 g/mol. The van der Waals surface area contributed by atoms with E-state index in [2.05, 4.69) is 10.1 Å². The minimum Gasteiger partial charge on any atom is -0.468 e. The zero-order chi connectivity index (χ0) is 10.6. The van der Waals surface area contributed by atoms with E-state index < -0.39 is 21.6 Å². The molecule has 82 valence electrons. The summed E-state index contributed by atoms with van der Waals surface area (Å²) in [4.78, 5) is 10.8. The highest BCUT2D eigenvalue weighted by Gasteiger charge is 2.24. The Kier molecular flexibility index (Phi) is 3.88. The molecule has 0 aromatic heterocycles. The maximum absolute atomic E-state index is 11.4. The van der Waals surface area contributed by atoms with Gasteiger partial charge in [0.1, 0.15) is 5.75 Å². The topological polar surface area (TPSA) is 72.5 Å². The van der Waals surface area contributed by atoms with Crippen molar-refractivity contribution in [3.05, 3.63) is 0 Å². The summed E-state index contributed by atoms with van der Waals surface area (Å²) < 4.78 is 27.1. The van der Waals surface area contributed by atoms with Crippen LogP contribution in [0.1, 0.15) is 12.8 Å². The summed E-state index contributed by atoms with van der Waals surface area (Å²) in [5.41, 5.74) is 0. The maximum Gasteiger partial charge on any atom is 0.320 e. The van der Waals surface area contributed by atoms with E-state index in [0.29, 0.717) is 0 Å². The summed E-state index contributed by atoms with van der Waals surface area (Å²) in [5.74, 6) is -1.17. The van der Waals surface area contributed by atoms with Crippen LogP contribution in [0.25, 0.3) is 0 Å². The van der Waals surface area contributed by atoms with Crippen LogP contribution in [0.5, 0.6) is 0 Å². The molecule has 5 nitrogen and oxygen atoms in total. The van der Waals surface area contributed by atoms with Crippen LogP contribution in [0.15, 0.2) is 0 Å². The van der Waals surface area contributed by atoms with Gasteiger partial charge in [-0.25, -0.2) is 8.42 Å². The fourth-order valence-corrected chi connectivity index (χ4v) is 3.00. The first kappa shape index (κ1) is 11.5. The Morgan fingerprint density at radius 3 is 2.79 bits per heavy atom. The molecule has 1 unspecified atom stereocenters. The standard InChI is InChI=1S/C8H15NO4S/c1-13-8(10)6-14(11,12)5-7-3-2-4-9-7/h7,9H,2-6H2,1H3. The number of rotatable bonds is 4. The van der Waals surface area contributed by atoms with Gasteiger partial charge in [-0.1, -0.05) is 0 Å². The molecule has 6 heteroatoms. The largest absolute Gasteiger partial charge is 0.468 e. The first-order valence-corrected chi connectivity index (χ1v) is 6.36. The molecule has 1 saturated heterocycles. The molecule has 1 aliphatic rings. The summed E-state index contributed by atoms with van der Waals surface area (Å²) in [5, 5.41) is 3.07. The third kappa shape index (κ3) is 3.63. The minimum absolute atomic E-state index is 0.00431. The van der Waals surface area contributed by atoms with Crippen molar-refractivity contribution in [1.82, 2.24) is 5.32 Å². The van der Waals surface area contributed by atoms with Crippen LogP contribution in [0, 0.1) is 0 Å². The van der Waals surface area contributed by atoms with Gasteiger partial charge in [-0.2, -0.15) is 0 Å². The van der Waals surface area contributed by atoms with E-state index >= 15 is 0 Å². The number of carbonyl (C=O) groups excluding carboxylic acids is 1. The van der Waals surface area contributed by atoms with Crippen LogP contribution in [-0.4, -0.2) is 45.6 Å². The number of hydrogen-bond donors (Lipinski definition) is 1. The molecule has 0 aromatic carbocycles. The molecular formula is C8H15NO4S. The molecule has 1 heterocycles. The van der Waals surface area contributed by atoms with Crippen molar-refractivity contribution < 1.29 is 17.9 Å². The molecular weight excluding hydrogens is 206 g/mol. The van der Waals surface area contributed by atoms with Gasteiger partial charge in [0.15, 0.2) is 9.84 Å². The summed E-state index contributed by atoms with van der Waals surface area (Å²) in [6.07, 6.45) is 1.86. The van der Waals surface area contributed by atoms with E-state index in [1.807, 2.05) is 0 Å². The van der Waals surface area contributed by atoms with Crippen LogP contribution in [0.4, 0.5) is 0 Å². The molecule has 1 aliphatic heterocycles. The molecule has 0 aliphatic carbocycles. The Balaban J connectivity index is 2.44. The fraction of sp³-hybridized carbons (Fsp3) is 0.875. The Morgan fingerprint density at radius 2 is 2.29 bits per heavy atom. The zero-order valence-electron chi connectivity index (χ0n) is 8.15. The van der Waals surface area contributed by atoms with Crippen LogP contribution in [0.3, 0.4) is 0 Å². The third-order valence-corrected chi connectivity index (χ3v) is 3.77. The molecule has 0 radical (unpaired) electrons. The van der Waals surface area contributed by atoms with E-state index in [1.165, 1.54) is 7.11 Å². The van der Waals surface area contributed by atoms with Gasteiger partial charge in [-0.15, -0.1) is 0 Å². The second kappa shape index (κ2) is 4.75. The number of hydrogen-bond acceptors (Lipinski definition) is 5. The molecule has 0 spiro atoms. The quantitative estimate of drug-likeness (QED) is 0.637. The molecule has 0 saturated carbocycles. The highest BCUT2D eigenvalue weighted by Crippen LogP contribution is 2.08. The predicted molar refractivity (Wildman–Crippen MR) is 51.7 cm³/mol. The fourth-order valence-electron chi connectivity index (χ4n) is 1.50. The molecule has 0 amide bonds. The van der Waals surface area contributed by atoms with E-state index in [4.69, 9.17) is 0 Å². The minimum atomic E-state index is -3.31. The van der Waals surface area contributed by atoms with E-state index in [0.717, 1.165) is 19.4 Å². The molecule has 0 aromatic rings. The highest BCUT2D eigenvalue weighted by molar-refractivity contribution is 7.92. The van der Waals surface area contributed by atoms with Gasteiger partial charge in [0.25, 0.3) is 0 Å². The lowest BCUT2D eigenvalue weighted by Gasteiger charge is -2.09. The number of nitrogens with one attached hydrogen (secondary N) is 1. The number of ether oxygens (including phenoxy) is 1. The van der Waals surface area contributed by atoms with E-state index in [9.17, 15) is 13.2 Å². The number of methoxy groups -OCH3 is 1. The Hall–Kier alpha value is -0.620. The normalized spacial score (nSPS) is 22.2. The Morgan fingerprint density at radius 1 is 1.57 bits per heavy atom. The first-order chi connectivity index (χ1) is 6.53. The van der Waals surface area contributed by atoms with Crippen molar-refractivity contribution in [2.45, 2.75) is 18.9 Å². The zero-order valence-corrected chi connectivity index (χ0v) is 8.97. The van der Waals surface area contributed by atoms with Crippen molar-refractivity contribution in [2.24, 2.45) is 0 Å². The molecule has 1 fully saturated rings. The van der Waals surface area contributed by atoms with Crippen molar-refractivity contribution in [2.75, 3.05) is 25.2 Å². The lowest BCUT2D eigenvalue weighted by Crippen LogP contribution is -2.32. The molecule has 14 heavy (non-hydrogen) atoms. The number of carbonyl (C=O) groups is 1. The lowest BCUT2D eigenvalue weighted by molar-refractivity contribution is -0.137. The van der Waals surface area contributed by atoms with Gasteiger partial charge in [-0.3, -0.25) is 4.79 Å². The molecule has 1 rings (SSSR count). The SMILES string of the molecule is COC(=O)CS(=O)(=O)CC1CCCN1. The third-order valence-electron chi connectivity index (χ3n) is 2.18. The smallest absolute Gasteiger partial charge is 0.320 e. The molecule has 1 atom stereocenters. The van der Waals surface area contributed by atoms with Crippen LogP contribution in [-0.2, 0) is 19.4 Å². The van der Waals surface area contributed by atoms with E-state index in [-0.39, 0.29) is 11.8 Å². The number of sulfone groups is 1. The van der Waals surface area contributed by atoms with Gasteiger partial charge < -0.3 is 10.1 Å². The van der Waals surface area contributed by atoms with Gasteiger partial charge in [0, 0.05) is 6.04 Å². The monoisotopic (exact) mass is 221 g/mol. The van der Waals surface area contributed by atoms with Crippen LogP contribution >= 0.6 is 0 Å². The van der Waals surface area contributed by atoms with Crippen LogP contribution in [0.2, 0.25) is 0 Å². The second-order valence-corrected chi connectivity index (χ2v) is 5.53. The first-order valence-electron chi connectivity index (χ1n) is 4.54. The lowest BCUT2D eigenvalue weighted by atomic mass is 10.3. The van der Waals surface area contributed by atoms with Crippen molar-refractivity contribution >= 4 is 15.8 Å². The second-order valence-electron chi connectivity index (χ2n) is 3.42. The van der Waals surface area contributed by atoms with E-state index in [1.54, 1.807) is 0 Å². The van der Waals surface area contributed by atoms with Crippen molar-refractivity contribution in [3.8, 4) is 0 Å². The summed E-state index contributed by atoms with van der Waals surface area (Å²) in [6.45, 7) is 0.860. The van der Waals surface area contributed by atoms with Crippen LogP contribution < -0.4 is 5.32 Å². The summed E-state index contributed by atoms with van der Waals surface area (Å²) >= 11 is 0. The van der Waals surface area contributed by atoms with Gasteiger partial charge in [-0.05, 0) is 19.4 Å². The Bertz CT molecular complexity index is 292. The highest BCUT2D eigenvalue weighted by atomic mass is 32.2. The van der Waals surface area contributed by atoms with Crippen molar-refractivity contribution in [1.29, 1.82) is 0 Å². The maximum atomic E-state index is 11.4. The van der Waals surface area contributed by atoms with Crippen molar-refractivity contribution in [3.63, 3.8) is 0 Å². The average Bonchev–Trinajstić information content (AvgIpc) is 2.54. The van der Waals surface area contributed by atoms with Gasteiger partial charge >= 0.3 is 5.97 Å². The summed E-state index contributed by atoms with van der Waals surface area (Å²) in [6, 6.07) is 0.00431. The number of esters is 1. The Labute approximate surface area is 83.7 Å². The molecule has 0 bridgehead atoms. The summed E-state index contributed by atoms with van der Waals surface area (Å²) in [7, 11) is -2.13. The predicted octanol–water partition coefficient (Wildman–Crippen LogP) is -0.674. The van der Waals surface area contributed by atoms with Gasteiger partial charge in [0.05, 0.1) is 12.9 Å². The molecule has 1 N–H and O–H groups in total.